The molecule has 0 unspecified atom stereocenters. The Kier molecular flexibility index (Phi) is 6.07. The van der Waals surface area contributed by atoms with Crippen LogP contribution in [0.15, 0.2) is 65.6 Å². The standard InChI is InChI=1S/C19H12Cl2F3NO4S/c20-13-9-14(21)18(26)17(10-13)30(27,28)25-15-8-12(11-4-2-1-3-5-11)6-7-16(15)29-19(22,23)24/h1-10,25-26H. The molecule has 0 radical (unpaired) electrons. The minimum absolute atomic E-state index is 0.0945. The zero-order chi connectivity index (χ0) is 22.1. The van der Waals surface area contributed by atoms with Gasteiger partial charge in [-0.05, 0) is 35.4 Å². The van der Waals surface area contributed by atoms with E-state index in [0.717, 1.165) is 18.2 Å². The fourth-order valence-corrected chi connectivity index (χ4v) is 4.40. The molecular formula is C19H12Cl2F3NO4S. The molecule has 0 aliphatic heterocycles. The smallest absolute Gasteiger partial charge is 0.505 e. The number of hydrogen-bond acceptors (Lipinski definition) is 4. The second kappa shape index (κ2) is 8.25. The molecule has 0 saturated carbocycles. The molecule has 3 aromatic rings. The fraction of sp³-hybridized carbons (Fsp3) is 0.0526. The average Bonchev–Trinajstić information content (AvgIpc) is 2.65. The molecule has 11 heteroatoms. The van der Waals surface area contributed by atoms with E-state index in [4.69, 9.17) is 23.2 Å². The third-order valence-corrected chi connectivity index (χ3v) is 5.72. The number of phenols is 1. The fourth-order valence-electron chi connectivity index (χ4n) is 2.58. The number of hydrogen-bond donors (Lipinski definition) is 2. The SMILES string of the molecule is O=S(=O)(Nc1cc(-c2ccccc2)ccc1OC(F)(F)F)c1cc(Cl)cc(Cl)c1O. The Bertz CT molecular complexity index is 1190. The minimum Gasteiger partial charge on any atom is -0.505 e. The van der Waals surface area contributed by atoms with Crippen LogP contribution in [0.5, 0.6) is 11.5 Å². The first-order chi connectivity index (χ1) is 14.0. The molecular weight excluding hydrogens is 466 g/mol. The largest absolute Gasteiger partial charge is 0.573 e. The summed E-state index contributed by atoms with van der Waals surface area (Å²) in [6.45, 7) is 0. The number of halogens is 5. The van der Waals surface area contributed by atoms with Crippen molar-refractivity contribution in [1.29, 1.82) is 0 Å². The number of aromatic hydroxyl groups is 1. The first kappa shape index (κ1) is 22.1. The molecule has 0 aromatic heterocycles. The van der Waals surface area contributed by atoms with Crippen LogP contribution in [0, 0.1) is 0 Å². The van der Waals surface area contributed by atoms with Gasteiger partial charge in [-0.15, -0.1) is 13.2 Å². The third kappa shape index (κ3) is 5.10. The number of alkyl halides is 3. The second-order valence-corrected chi connectivity index (χ2v) is 8.46. The highest BCUT2D eigenvalue weighted by atomic mass is 35.5. The molecule has 0 fully saturated rings. The van der Waals surface area contributed by atoms with Crippen molar-refractivity contribution in [3.05, 3.63) is 70.7 Å². The molecule has 0 amide bonds. The molecule has 5 nitrogen and oxygen atoms in total. The molecule has 0 aliphatic rings. The highest BCUT2D eigenvalue weighted by molar-refractivity contribution is 7.92. The second-order valence-electron chi connectivity index (χ2n) is 5.96. The molecule has 0 spiro atoms. The number of nitrogens with one attached hydrogen (secondary N) is 1. The van der Waals surface area contributed by atoms with Gasteiger partial charge in [0.1, 0.15) is 4.90 Å². The van der Waals surface area contributed by atoms with Crippen molar-refractivity contribution in [2.24, 2.45) is 0 Å². The van der Waals surface area contributed by atoms with Crippen LogP contribution in [0.3, 0.4) is 0 Å². The number of sulfonamides is 1. The Labute approximate surface area is 179 Å². The van der Waals surface area contributed by atoms with Gasteiger partial charge in [0.05, 0.1) is 10.7 Å². The topological polar surface area (TPSA) is 75.6 Å². The predicted octanol–water partition coefficient (Wildman–Crippen LogP) is 6.07. The van der Waals surface area contributed by atoms with Gasteiger partial charge in [0.2, 0.25) is 0 Å². The molecule has 3 rings (SSSR count). The minimum atomic E-state index is -5.06. The number of phenolic OH excluding ortho intramolecular Hbond substituents is 1. The predicted molar refractivity (Wildman–Crippen MR) is 107 cm³/mol. The molecule has 158 valence electrons. The van der Waals surface area contributed by atoms with E-state index in [1.54, 1.807) is 30.3 Å². The molecule has 3 aromatic carbocycles. The van der Waals surface area contributed by atoms with E-state index in [9.17, 15) is 26.7 Å². The number of benzene rings is 3. The van der Waals surface area contributed by atoms with Crippen LogP contribution in [-0.2, 0) is 10.0 Å². The summed E-state index contributed by atoms with van der Waals surface area (Å²) in [4.78, 5) is -0.705. The van der Waals surface area contributed by atoms with E-state index in [2.05, 4.69) is 4.74 Å². The molecule has 0 heterocycles. The van der Waals surface area contributed by atoms with E-state index in [1.165, 1.54) is 12.1 Å². The van der Waals surface area contributed by atoms with Gasteiger partial charge in [-0.1, -0.05) is 59.6 Å². The molecule has 0 atom stereocenters. The maximum atomic E-state index is 12.8. The maximum Gasteiger partial charge on any atom is 0.573 e. The summed E-state index contributed by atoms with van der Waals surface area (Å²) in [6, 6.07) is 14.1. The van der Waals surface area contributed by atoms with Crippen molar-refractivity contribution in [1.82, 2.24) is 0 Å². The highest BCUT2D eigenvalue weighted by Crippen LogP contribution is 2.38. The summed E-state index contributed by atoms with van der Waals surface area (Å²) in [5, 5.41) is 9.57. The van der Waals surface area contributed by atoms with Gasteiger partial charge < -0.3 is 9.84 Å². The van der Waals surface area contributed by atoms with Gasteiger partial charge in [0.25, 0.3) is 10.0 Å². The Morgan fingerprint density at radius 3 is 2.23 bits per heavy atom. The quantitative estimate of drug-likeness (QED) is 0.467. The van der Waals surface area contributed by atoms with Gasteiger partial charge >= 0.3 is 6.36 Å². The normalized spacial score (nSPS) is 11.9. The van der Waals surface area contributed by atoms with Gasteiger partial charge in [-0.2, -0.15) is 0 Å². The van der Waals surface area contributed by atoms with Crippen molar-refractivity contribution >= 4 is 38.9 Å². The van der Waals surface area contributed by atoms with Gasteiger partial charge in [-0.25, -0.2) is 8.42 Å². The number of ether oxygens (including phenoxy) is 1. The average molecular weight is 478 g/mol. The van der Waals surface area contributed by atoms with Gasteiger partial charge in [0.15, 0.2) is 11.5 Å². The lowest BCUT2D eigenvalue weighted by atomic mass is 10.1. The lowest BCUT2D eigenvalue weighted by Gasteiger charge is -2.17. The third-order valence-electron chi connectivity index (χ3n) is 3.84. The van der Waals surface area contributed by atoms with Crippen molar-refractivity contribution in [2.75, 3.05) is 4.72 Å². The Hall–Kier alpha value is -2.62. The Morgan fingerprint density at radius 1 is 0.933 bits per heavy atom. The summed E-state index contributed by atoms with van der Waals surface area (Å²) in [5.74, 6) is -1.58. The van der Waals surface area contributed by atoms with Crippen molar-refractivity contribution in [3.8, 4) is 22.6 Å². The lowest BCUT2D eigenvalue weighted by molar-refractivity contribution is -0.274. The number of anilines is 1. The monoisotopic (exact) mass is 477 g/mol. The van der Waals surface area contributed by atoms with E-state index >= 15 is 0 Å². The van der Waals surface area contributed by atoms with Crippen molar-refractivity contribution < 1.29 is 31.4 Å². The van der Waals surface area contributed by atoms with Gasteiger partial charge in [-0.3, -0.25) is 4.72 Å². The number of rotatable bonds is 5. The van der Waals surface area contributed by atoms with Crippen molar-refractivity contribution in [3.63, 3.8) is 0 Å². The maximum absolute atomic E-state index is 12.8. The first-order valence-electron chi connectivity index (χ1n) is 8.12. The molecule has 2 N–H and O–H groups in total. The summed E-state index contributed by atoms with van der Waals surface area (Å²) in [5.41, 5.74) is 0.561. The van der Waals surface area contributed by atoms with E-state index in [-0.39, 0.29) is 10.0 Å². The molecule has 0 saturated heterocycles. The van der Waals surface area contributed by atoms with Crippen LogP contribution in [0.25, 0.3) is 11.1 Å². The molecule has 30 heavy (non-hydrogen) atoms. The lowest BCUT2D eigenvalue weighted by Crippen LogP contribution is -2.20. The summed E-state index contributed by atoms with van der Waals surface area (Å²) < 4.78 is 69.9. The highest BCUT2D eigenvalue weighted by Gasteiger charge is 2.33. The van der Waals surface area contributed by atoms with E-state index in [0.29, 0.717) is 11.1 Å². The van der Waals surface area contributed by atoms with Crippen LogP contribution in [-0.4, -0.2) is 19.9 Å². The van der Waals surface area contributed by atoms with Crippen LogP contribution < -0.4 is 9.46 Å². The van der Waals surface area contributed by atoms with E-state index in [1.807, 2.05) is 4.72 Å². The van der Waals surface area contributed by atoms with Crippen LogP contribution in [0.4, 0.5) is 18.9 Å². The van der Waals surface area contributed by atoms with Crippen molar-refractivity contribution in [2.45, 2.75) is 11.3 Å². The first-order valence-corrected chi connectivity index (χ1v) is 10.4. The molecule has 0 bridgehead atoms. The van der Waals surface area contributed by atoms with E-state index < -0.39 is 38.5 Å². The Morgan fingerprint density at radius 2 is 1.60 bits per heavy atom. The van der Waals surface area contributed by atoms with Crippen LogP contribution in [0.1, 0.15) is 0 Å². The van der Waals surface area contributed by atoms with Gasteiger partial charge in [0, 0.05) is 5.02 Å². The van der Waals surface area contributed by atoms with Crippen LogP contribution in [0.2, 0.25) is 10.0 Å². The summed E-state index contributed by atoms with van der Waals surface area (Å²) in [7, 11) is -4.58. The summed E-state index contributed by atoms with van der Waals surface area (Å²) in [6.07, 6.45) is -5.06. The molecule has 0 aliphatic carbocycles. The Balaban J connectivity index is 2.10. The zero-order valence-corrected chi connectivity index (χ0v) is 17.1. The van der Waals surface area contributed by atoms with Crippen LogP contribution >= 0.6 is 23.2 Å². The zero-order valence-electron chi connectivity index (χ0n) is 14.7. The summed E-state index contributed by atoms with van der Waals surface area (Å²) >= 11 is 11.5.